The molecule has 2 unspecified atom stereocenters. The van der Waals surface area contributed by atoms with Gasteiger partial charge in [0, 0.05) is 12.0 Å². The fraction of sp³-hybridized carbons (Fsp3) is 0.727. The molecule has 0 aliphatic carbocycles. The van der Waals surface area contributed by atoms with Crippen LogP contribution in [0.2, 0.25) is 0 Å². The van der Waals surface area contributed by atoms with E-state index in [0.29, 0.717) is 12.2 Å². The highest BCUT2D eigenvalue weighted by Crippen LogP contribution is 2.30. The summed E-state index contributed by atoms with van der Waals surface area (Å²) in [5.74, 6) is 0.475. The van der Waals surface area contributed by atoms with Gasteiger partial charge < -0.3 is 9.84 Å². The molecular formula is C11H18O3. The summed E-state index contributed by atoms with van der Waals surface area (Å²) in [6.45, 7) is 7.26. The molecule has 0 saturated heterocycles. The van der Waals surface area contributed by atoms with Gasteiger partial charge in [0.1, 0.15) is 5.76 Å². The molecule has 3 heteroatoms. The first-order valence-corrected chi connectivity index (χ1v) is 5.01. The van der Waals surface area contributed by atoms with Gasteiger partial charge in [0.2, 0.25) is 5.78 Å². The van der Waals surface area contributed by atoms with Crippen LogP contribution in [0.25, 0.3) is 0 Å². The number of aliphatic hydroxyl groups excluding tert-OH is 1. The Labute approximate surface area is 84.8 Å². The highest BCUT2D eigenvalue weighted by Gasteiger charge is 2.37. The molecule has 3 nitrogen and oxygen atoms in total. The molecule has 2 atom stereocenters. The van der Waals surface area contributed by atoms with Crippen LogP contribution in [-0.4, -0.2) is 22.6 Å². The molecule has 0 fully saturated rings. The zero-order chi connectivity index (χ0) is 10.9. The largest absolute Gasteiger partial charge is 0.484 e. The van der Waals surface area contributed by atoms with E-state index in [9.17, 15) is 9.90 Å². The maximum atomic E-state index is 11.4. The van der Waals surface area contributed by atoms with Crippen molar-refractivity contribution < 1.29 is 14.6 Å². The van der Waals surface area contributed by atoms with Crippen LogP contribution in [0.5, 0.6) is 0 Å². The third kappa shape index (κ3) is 1.98. The predicted molar refractivity (Wildman–Crippen MR) is 53.7 cm³/mol. The van der Waals surface area contributed by atoms with Crippen molar-refractivity contribution in [1.82, 2.24) is 0 Å². The third-order valence-electron chi connectivity index (χ3n) is 2.68. The Balaban J connectivity index is 2.74. The van der Waals surface area contributed by atoms with Gasteiger partial charge >= 0.3 is 0 Å². The van der Waals surface area contributed by atoms with Crippen LogP contribution in [-0.2, 0) is 9.53 Å². The van der Waals surface area contributed by atoms with Gasteiger partial charge in [0.05, 0.1) is 6.10 Å². The second kappa shape index (κ2) is 3.73. The number of ketones is 1. The number of rotatable bonds is 3. The Kier molecular flexibility index (Phi) is 3.00. The van der Waals surface area contributed by atoms with E-state index in [0.717, 1.165) is 0 Å². The quantitative estimate of drug-likeness (QED) is 0.750. The molecule has 14 heavy (non-hydrogen) atoms. The highest BCUT2D eigenvalue weighted by molar-refractivity contribution is 5.98. The smallest absolute Gasteiger partial charge is 0.201 e. The number of hydrogen-bond donors (Lipinski definition) is 1. The molecule has 1 heterocycles. The zero-order valence-corrected chi connectivity index (χ0v) is 9.20. The summed E-state index contributed by atoms with van der Waals surface area (Å²) in [6, 6.07) is 0. The monoisotopic (exact) mass is 198 g/mol. The van der Waals surface area contributed by atoms with E-state index in [-0.39, 0.29) is 11.7 Å². The number of hydrogen-bond acceptors (Lipinski definition) is 3. The lowest BCUT2D eigenvalue weighted by atomic mass is 10.00. The summed E-state index contributed by atoms with van der Waals surface area (Å²) in [4.78, 5) is 11.4. The third-order valence-corrected chi connectivity index (χ3v) is 2.68. The molecule has 0 aromatic heterocycles. The topological polar surface area (TPSA) is 46.5 Å². The summed E-state index contributed by atoms with van der Waals surface area (Å²) in [6.07, 6.45) is 1.72. The molecule has 0 saturated carbocycles. The number of carbonyl (C=O) groups excluding carboxylic acids is 1. The van der Waals surface area contributed by atoms with E-state index in [2.05, 4.69) is 0 Å². The molecule has 0 spiro atoms. The summed E-state index contributed by atoms with van der Waals surface area (Å²) >= 11 is 0. The van der Waals surface area contributed by atoms with Crippen molar-refractivity contribution in [2.24, 2.45) is 5.92 Å². The molecule has 1 aliphatic heterocycles. The average molecular weight is 198 g/mol. The molecule has 80 valence electrons. The van der Waals surface area contributed by atoms with Crippen LogP contribution >= 0.6 is 0 Å². The van der Waals surface area contributed by atoms with Crippen LogP contribution in [0.4, 0.5) is 0 Å². The first-order chi connectivity index (χ1) is 6.38. The molecule has 1 rings (SSSR count). The predicted octanol–water partition coefficient (Wildman–Crippen LogP) is 1.66. The minimum Gasteiger partial charge on any atom is -0.484 e. The van der Waals surface area contributed by atoms with Crippen molar-refractivity contribution in [3.8, 4) is 0 Å². The summed E-state index contributed by atoms with van der Waals surface area (Å²) in [5, 5.41) is 9.61. The van der Waals surface area contributed by atoms with E-state index in [1.165, 1.54) is 6.08 Å². The number of carbonyl (C=O) groups is 1. The Morgan fingerprint density at radius 3 is 2.50 bits per heavy atom. The van der Waals surface area contributed by atoms with Crippen molar-refractivity contribution in [3.05, 3.63) is 11.8 Å². The second-order valence-corrected chi connectivity index (χ2v) is 4.29. The summed E-state index contributed by atoms with van der Waals surface area (Å²) in [7, 11) is 0. The van der Waals surface area contributed by atoms with Crippen LogP contribution in [0.15, 0.2) is 11.8 Å². The molecule has 1 N–H and O–H groups in total. The van der Waals surface area contributed by atoms with Gasteiger partial charge in [-0.25, -0.2) is 0 Å². The van der Waals surface area contributed by atoms with Gasteiger partial charge in [0.25, 0.3) is 0 Å². The van der Waals surface area contributed by atoms with Crippen molar-refractivity contribution in [2.45, 2.75) is 45.8 Å². The first-order valence-electron chi connectivity index (χ1n) is 5.01. The maximum Gasteiger partial charge on any atom is 0.201 e. The van der Waals surface area contributed by atoms with Gasteiger partial charge in [-0.05, 0) is 20.3 Å². The lowest BCUT2D eigenvalue weighted by Gasteiger charge is -2.23. The van der Waals surface area contributed by atoms with E-state index >= 15 is 0 Å². The van der Waals surface area contributed by atoms with Gasteiger partial charge in [-0.15, -0.1) is 0 Å². The van der Waals surface area contributed by atoms with Crippen LogP contribution in [0.1, 0.15) is 34.1 Å². The molecule has 1 aliphatic rings. The van der Waals surface area contributed by atoms with Crippen molar-refractivity contribution >= 4 is 5.78 Å². The molecule has 0 radical (unpaired) electrons. The molecule has 0 aromatic carbocycles. The fourth-order valence-electron chi connectivity index (χ4n) is 1.44. The van der Waals surface area contributed by atoms with Crippen LogP contribution in [0, 0.1) is 5.92 Å². The minimum absolute atomic E-state index is 0.0253. The van der Waals surface area contributed by atoms with Gasteiger partial charge in [0.15, 0.2) is 5.60 Å². The second-order valence-electron chi connectivity index (χ2n) is 4.29. The van der Waals surface area contributed by atoms with E-state index in [1.54, 1.807) is 13.8 Å². The van der Waals surface area contributed by atoms with Crippen molar-refractivity contribution in [1.29, 1.82) is 0 Å². The number of aliphatic hydroxyl groups is 1. The van der Waals surface area contributed by atoms with Crippen molar-refractivity contribution in [3.63, 3.8) is 0 Å². The molecular weight excluding hydrogens is 180 g/mol. The maximum absolute atomic E-state index is 11.4. The highest BCUT2D eigenvalue weighted by atomic mass is 16.5. The zero-order valence-electron chi connectivity index (χ0n) is 9.20. The van der Waals surface area contributed by atoms with E-state index in [1.807, 2.05) is 13.8 Å². The lowest BCUT2D eigenvalue weighted by Crippen LogP contribution is -2.29. The Morgan fingerprint density at radius 2 is 2.14 bits per heavy atom. The SMILES string of the molecule is CCC(O)C(C)C1=CC(=O)C(C)(C)O1. The minimum atomic E-state index is -0.753. The lowest BCUT2D eigenvalue weighted by molar-refractivity contribution is -0.127. The molecule has 0 bridgehead atoms. The van der Waals surface area contributed by atoms with Gasteiger partial charge in [-0.1, -0.05) is 13.8 Å². The summed E-state index contributed by atoms with van der Waals surface area (Å²) < 4.78 is 5.50. The van der Waals surface area contributed by atoms with Crippen LogP contribution < -0.4 is 0 Å². The summed E-state index contributed by atoms with van der Waals surface area (Å²) in [5.41, 5.74) is -0.753. The standard InChI is InChI=1S/C11H18O3/c1-5-8(12)7(2)9-6-10(13)11(3,4)14-9/h6-8,12H,5H2,1-4H3. The van der Waals surface area contributed by atoms with Gasteiger partial charge in [-0.2, -0.15) is 0 Å². The van der Waals surface area contributed by atoms with Crippen LogP contribution in [0.3, 0.4) is 0 Å². The Hall–Kier alpha value is -0.830. The Bertz CT molecular complexity index is 266. The average Bonchev–Trinajstić information content (AvgIpc) is 2.39. The fourth-order valence-corrected chi connectivity index (χ4v) is 1.44. The molecule has 0 amide bonds. The van der Waals surface area contributed by atoms with Gasteiger partial charge in [-0.3, -0.25) is 4.79 Å². The van der Waals surface area contributed by atoms with E-state index in [4.69, 9.17) is 4.74 Å². The van der Waals surface area contributed by atoms with Crippen molar-refractivity contribution in [2.75, 3.05) is 0 Å². The van der Waals surface area contributed by atoms with E-state index < -0.39 is 11.7 Å². The Morgan fingerprint density at radius 1 is 1.57 bits per heavy atom. The normalized spacial score (nSPS) is 24.1. The molecule has 0 aromatic rings. The number of ether oxygens (including phenoxy) is 1. The first kappa shape index (κ1) is 11.2.